The molecule has 2 fully saturated rings. The summed E-state index contributed by atoms with van der Waals surface area (Å²) in [5, 5.41) is 3.40. The molecular formula is C17H26ClFN2. The smallest absolute Gasteiger partial charge is 0.128 e. The number of aryl methyl sites for hydroxylation is 1. The Morgan fingerprint density at radius 2 is 1.86 bits per heavy atom. The number of nitrogens with zero attached hydrogens (tertiary/aromatic N) is 1. The summed E-state index contributed by atoms with van der Waals surface area (Å²) in [7, 11) is 0. The maximum absolute atomic E-state index is 14.4. The maximum atomic E-state index is 14.4. The normalized spacial score (nSPS) is 22.0. The highest BCUT2D eigenvalue weighted by Crippen LogP contribution is 2.40. The minimum atomic E-state index is -0.0222. The molecule has 1 N–H and O–H groups in total. The van der Waals surface area contributed by atoms with E-state index in [0.29, 0.717) is 5.92 Å². The fourth-order valence-electron chi connectivity index (χ4n) is 3.87. The monoisotopic (exact) mass is 312 g/mol. The van der Waals surface area contributed by atoms with Gasteiger partial charge >= 0.3 is 0 Å². The quantitative estimate of drug-likeness (QED) is 0.915. The van der Waals surface area contributed by atoms with E-state index in [1.165, 1.54) is 31.2 Å². The van der Waals surface area contributed by atoms with Gasteiger partial charge in [0, 0.05) is 37.8 Å². The van der Waals surface area contributed by atoms with Crippen LogP contribution in [0, 0.1) is 18.7 Å². The third-order valence-electron chi connectivity index (χ3n) is 4.86. The number of piperazine rings is 1. The van der Waals surface area contributed by atoms with Crippen molar-refractivity contribution in [2.45, 2.75) is 38.6 Å². The van der Waals surface area contributed by atoms with Crippen LogP contribution in [0.15, 0.2) is 18.2 Å². The van der Waals surface area contributed by atoms with Gasteiger partial charge in [-0.2, -0.15) is 0 Å². The van der Waals surface area contributed by atoms with Crippen molar-refractivity contribution in [3.05, 3.63) is 35.1 Å². The lowest BCUT2D eigenvalue weighted by atomic mass is 9.88. The fourth-order valence-corrected chi connectivity index (χ4v) is 3.87. The standard InChI is InChI=1S/C17H25FN2.ClH/c1-13-6-7-16(18)15(12-13)17(14-4-2-3-5-14)20-10-8-19-9-11-20;/h6-7,12,14,17,19H,2-5,8-11H2,1H3;1H/t17-;/m0./s1. The lowest BCUT2D eigenvalue weighted by Gasteiger charge is -2.39. The minimum Gasteiger partial charge on any atom is -0.314 e. The van der Waals surface area contributed by atoms with E-state index in [4.69, 9.17) is 0 Å². The van der Waals surface area contributed by atoms with Gasteiger partial charge in [-0.15, -0.1) is 12.4 Å². The fraction of sp³-hybridized carbons (Fsp3) is 0.647. The van der Waals surface area contributed by atoms with Crippen molar-refractivity contribution in [2.75, 3.05) is 26.2 Å². The van der Waals surface area contributed by atoms with E-state index in [-0.39, 0.29) is 24.3 Å². The second-order valence-electron chi connectivity index (χ2n) is 6.30. The molecule has 1 aromatic rings. The van der Waals surface area contributed by atoms with Crippen LogP contribution in [-0.4, -0.2) is 31.1 Å². The van der Waals surface area contributed by atoms with Crippen molar-refractivity contribution >= 4 is 12.4 Å². The lowest BCUT2D eigenvalue weighted by molar-refractivity contribution is 0.122. The van der Waals surface area contributed by atoms with Crippen molar-refractivity contribution in [3.63, 3.8) is 0 Å². The molecule has 1 saturated heterocycles. The van der Waals surface area contributed by atoms with Gasteiger partial charge < -0.3 is 5.32 Å². The highest BCUT2D eigenvalue weighted by molar-refractivity contribution is 5.85. The molecule has 0 radical (unpaired) electrons. The minimum absolute atomic E-state index is 0. The highest BCUT2D eigenvalue weighted by atomic mass is 35.5. The number of halogens is 2. The first-order chi connectivity index (χ1) is 9.75. The van der Waals surface area contributed by atoms with E-state index in [1.54, 1.807) is 6.07 Å². The summed E-state index contributed by atoms with van der Waals surface area (Å²) >= 11 is 0. The molecule has 1 aliphatic carbocycles. The number of nitrogens with one attached hydrogen (secondary N) is 1. The molecule has 0 bridgehead atoms. The zero-order chi connectivity index (χ0) is 13.9. The summed E-state index contributed by atoms with van der Waals surface area (Å²) < 4.78 is 14.4. The highest BCUT2D eigenvalue weighted by Gasteiger charge is 2.33. The number of benzene rings is 1. The molecule has 21 heavy (non-hydrogen) atoms. The molecule has 3 rings (SSSR count). The van der Waals surface area contributed by atoms with E-state index in [9.17, 15) is 4.39 Å². The van der Waals surface area contributed by atoms with Crippen LogP contribution in [0.25, 0.3) is 0 Å². The van der Waals surface area contributed by atoms with E-state index in [1.807, 2.05) is 6.07 Å². The molecule has 1 saturated carbocycles. The second-order valence-corrected chi connectivity index (χ2v) is 6.30. The first-order valence-electron chi connectivity index (χ1n) is 7.96. The Morgan fingerprint density at radius 3 is 2.52 bits per heavy atom. The van der Waals surface area contributed by atoms with Crippen LogP contribution in [0.1, 0.15) is 42.9 Å². The van der Waals surface area contributed by atoms with Crippen LogP contribution in [0.4, 0.5) is 4.39 Å². The summed E-state index contributed by atoms with van der Waals surface area (Å²) in [5.41, 5.74) is 2.10. The number of rotatable bonds is 3. The number of hydrogen-bond acceptors (Lipinski definition) is 2. The molecule has 0 unspecified atom stereocenters. The third-order valence-corrected chi connectivity index (χ3v) is 4.86. The molecule has 118 valence electrons. The van der Waals surface area contributed by atoms with Crippen molar-refractivity contribution in [1.29, 1.82) is 0 Å². The molecule has 1 atom stereocenters. The Morgan fingerprint density at radius 1 is 1.19 bits per heavy atom. The van der Waals surface area contributed by atoms with Gasteiger partial charge in [-0.05, 0) is 31.7 Å². The van der Waals surface area contributed by atoms with Crippen LogP contribution >= 0.6 is 12.4 Å². The van der Waals surface area contributed by atoms with E-state index in [2.05, 4.69) is 23.2 Å². The predicted molar refractivity (Wildman–Crippen MR) is 87.5 cm³/mol. The Balaban J connectivity index is 0.00000161. The first-order valence-corrected chi connectivity index (χ1v) is 7.96. The average Bonchev–Trinajstić information content (AvgIpc) is 2.98. The third kappa shape index (κ3) is 3.77. The van der Waals surface area contributed by atoms with Crippen molar-refractivity contribution in [3.8, 4) is 0 Å². The zero-order valence-corrected chi connectivity index (χ0v) is 13.6. The van der Waals surface area contributed by atoms with Crippen LogP contribution in [0.2, 0.25) is 0 Å². The molecular weight excluding hydrogens is 287 g/mol. The largest absolute Gasteiger partial charge is 0.314 e. The summed E-state index contributed by atoms with van der Waals surface area (Å²) in [6.45, 7) is 6.18. The SMILES string of the molecule is Cc1ccc(F)c([C@H](C2CCCC2)N2CCNCC2)c1.Cl. The Labute approximate surface area is 133 Å². The predicted octanol–water partition coefficient (Wildman–Crippen LogP) is 3.69. The summed E-state index contributed by atoms with van der Waals surface area (Å²) in [6.07, 6.45) is 5.12. The lowest BCUT2D eigenvalue weighted by Crippen LogP contribution is -2.46. The zero-order valence-electron chi connectivity index (χ0n) is 12.8. The Bertz CT molecular complexity index is 454. The van der Waals surface area contributed by atoms with Gasteiger partial charge in [-0.1, -0.05) is 30.5 Å². The van der Waals surface area contributed by atoms with Gasteiger partial charge in [-0.25, -0.2) is 4.39 Å². The molecule has 0 amide bonds. The number of hydrogen-bond donors (Lipinski definition) is 1. The van der Waals surface area contributed by atoms with E-state index < -0.39 is 0 Å². The molecule has 0 aromatic heterocycles. The van der Waals surface area contributed by atoms with Gasteiger partial charge in [0.1, 0.15) is 5.82 Å². The summed E-state index contributed by atoms with van der Waals surface area (Å²) in [6, 6.07) is 5.87. The molecule has 1 heterocycles. The topological polar surface area (TPSA) is 15.3 Å². The van der Waals surface area contributed by atoms with Crippen molar-refractivity contribution in [2.24, 2.45) is 5.92 Å². The maximum Gasteiger partial charge on any atom is 0.128 e. The van der Waals surface area contributed by atoms with Crippen LogP contribution < -0.4 is 5.32 Å². The Hall–Kier alpha value is -0.640. The second kappa shape index (κ2) is 7.57. The van der Waals surface area contributed by atoms with Crippen LogP contribution in [-0.2, 0) is 0 Å². The molecule has 0 spiro atoms. The van der Waals surface area contributed by atoms with Gasteiger partial charge in [0.15, 0.2) is 0 Å². The molecule has 4 heteroatoms. The molecule has 2 nitrogen and oxygen atoms in total. The van der Waals surface area contributed by atoms with Crippen LogP contribution in [0.5, 0.6) is 0 Å². The van der Waals surface area contributed by atoms with Crippen molar-refractivity contribution in [1.82, 2.24) is 10.2 Å². The summed E-state index contributed by atoms with van der Waals surface area (Å²) in [4.78, 5) is 2.50. The average molecular weight is 313 g/mol. The Kier molecular flexibility index (Phi) is 6.03. The van der Waals surface area contributed by atoms with Gasteiger partial charge in [-0.3, -0.25) is 4.90 Å². The molecule has 1 aliphatic heterocycles. The van der Waals surface area contributed by atoms with Gasteiger partial charge in [0.2, 0.25) is 0 Å². The van der Waals surface area contributed by atoms with E-state index in [0.717, 1.165) is 31.7 Å². The molecule has 2 aliphatic rings. The van der Waals surface area contributed by atoms with Gasteiger partial charge in [0.05, 0.1) is 0 Å². The van der Waals surface area contributed by atoms with E-state index >= 15 is 0 Å². The summed E-state index contributed by atoms with van der Waals surface area (Å²) in [5.74, 6) is 0.607. The van der Waals surface area contributed by atoms with Crippen molar-refractivity contribution < 1.29 is 4.39 Å². The van der Waals surface area contributed by atoms with Gasteiger partial charge in [0.25, 0.3) is 0 Å². The van der Waals surface area contributed by atoms with Crippen LogP contribution in [0.3, 0.4) is 0 Å². The molecule has 1 aromatic carbocycles. The first kappa shape index (κ1) is 16.7.